The zero-order chi connectivity index (χ0) is 11.7. The first-order valence-electron chi connectivity index (χ1n) is 5.06. The van der Waals surface area contributed by atoms with Crippen molar-refractivity contribution in [3.05, 3.63) is 0 Å². The van der Waals surface area contributed by atoms with Crippen LogP contribution < -0.4 is 5.32 Å². The van der Waals surface area contributed by atoms with E-state index in [9.17, 15) is 4.79 Å². The van der Waals surface area contributed by atoms with E-state index in [2.05, 4.69) is 5.32 Å². The number of carbonyl (C=O) groups is 1. The lowest BCUT2D eigenvalue weighted by molar-refractivity contribution is -0.120. The van der Waals surface area contributed by atoms with E-state index in [0.717, 1.165) is 12.2 Å². The van der Waals surface area contributed by atoms with Crippen LogP contribution in [0.1, 0.15) is 20.3 Å². The Morgan fingerprint density at radius 3 is 2.73 bits per heavy atom. The molecule has 0 spiro atoms. The molecule has 0 radical (unpaired) electrons. The molecular weight excluding hydrogens is 214 g/mol. The topological polar surface area (TPSA) is 58.6 Å². The van der Waals surface area contributed by atoms with Gasteiger partial charge in [-0.2, -0.15) is 0 Å². The number of ether oxygens (including phenoxy) is 1. The Balaban J connectivity index is 3.72. The number of aliphatic hydroxyl groups is 1. The van der Waals surface area contributed by atoms with E-state index in [1.54, 1.807) is 7.11 Å². The maximum atomic E-state index is 11.5. The smallest absolute Gasteiger partial charge is 0.230 e. The molecule has 1 atom stereocenters. The maximum absolute atomic E-state index is 11.5. The van der Waals surface area contributed by atoms with Crippen molar-refractivity contribution in [1.29, 1.82) is 0 Å². The number of thioether (sulfide) groups is 1. The Morgan fingerprint density at radius 1 is 1.60 bits per heavy atom. The van der Waals surface area contributed by atoms with Gasteiger partial charge in [-0.1, -0.05) is 6.92 Å². The van der Waals surface area contributed by atoms with Gasteiger partial charge in [-0.05, 0) is 13.3 Å². The Morgan fingerprint density at radius 2 is 2.27 bits per heavy atom. The number of carbonyl (C=O) groups excluding carboxylic acids is 1. The third-order valence-electron chi connectivity index (χ3n) is 2.24. The first kappa shape index (κ1) is 14.7. The molecule has 0 saturated carbocycles. The number of amides is 1. The third kappa shape index (κ3) is 6.76. The van der Waals surface area contributed by atoms with Crippen LogP contribution in [0.25, 0.3) is 0 Å². The number of hydrogen-bond donors (Lipinski definition) is 2. The van der Waals surface area contributed by atoms with Gasteiger partial charge in [0.25, 0.3) is 0 Å². The molecule has 0 aromatic carbocycles. The fourth-order valence-corrected chi connectivity index (χ4v) is 1.61. The zero-order valence-corrected chi connectivity index (χ0v) is 10.5. The van der Waals surface area contributed by atoms with Gasteiger partial charge in [-0.3, -0.25) is 4.79 Å². The predicted octanol–water partition coefficient (Wildman–Crippen LogP) is 0.643. The van der Waals surface area contributed by atoms with Crippen LogP contribution in [0, 0.1) is 0 Å². The number of aliphatic hydroxyl groups excluding tert-OH is 1. The first-order chi connectivity index (χ1) is 7.08. The van der Waals surface area contributed by atoms with Gasteiger partial charge in [0.15, 0.2) is 0 Å². The van der Waals surface area contributed by atoms with Crippen molar-refractivity contribution in [2.24, 2.45) is 0 Å². The van der Waals surface area contributed by atoms with Gasteiger partial charge in [0, 0.05) is 12.9 Å². The summed E-state index contributed by atoms with van der Waals surface area (Å²) in [4.78, 5) is 11.5. The van der Waals surface area contributed by atoms with E-state index in [-0.39, 0.29) is 12.5 Å². The molecule has 2 N–H and O–H groups in total. The average Bonchev–Trinajstić information content (AvgIpc) is 2.24. The highest BCUT2D eigenvalue weighted by molar-refractivity contribution is 7.99. The molecule has 5 heteroatoms. The summed E-state index contributed by atoms with van der Waals surface area (Å²) in [6, 6.07) is 0. The molecule has 0 aliphatic carbocycles. The summed E-state index contributed by atoms with van der Waals surface area (Å²) in [5.41, 5.74) is -0.487. The van der Waals surface area contributed by atoms with Crippen LogP contribution in [0.4, 0.5) is 0 Å². The first-order valence-corrected chi connectivity index (χ1v) is 6.22. The molecular formula is C10H21NO3S. The lowest BCUT2D eigenvalue weighted by atomic mass is 10.0. The minimum atomic E-state index is -0.487. The van der Waals surface area contributed by atoms with Gasteiger partial charge in [-0.25, -0.2) is 0 Å². The second-order valence-corrected chi connectivity index (χ2v) is 4.77. The van der Waals surface area contributed by atoms with Crippen molar-refractivity contribution in [3.63, 3.8) is 0 Å². The monoisotopic (exact) mass is 235 g/mol. The highest BCUT2D eigenvalue weighted by Crippen LogP contribution is 2.08. The second-order valence-electron chi connectivity index (χ2n) is 3.67. The number of nitrogens with one attached hydrogen (secondary N) is 1. The minimum Gasteiger partial charge on any atom is -0.394 e. The van der Waals surface area contributed by atoms with Gasteiger partial charge in [-0.15, -0.1) is 11.8 Å². The van der Waals surface area contributed by atoms with Crippen LogP contribution in [-0.4, -0.2) is 48.4 Å². The highest BCUT2D eigenvalue weighted by atomic mass is 32.2. The third-order valence-corrected chi connectivity index (χ3v) is 3.16. The van der Waals surface area contributed by atoms with Crippen LogP contribution in [0.3, 0.4) is 0 Å². The normalized spacial score (nSPS) is 14.7. The van der Waals surface area contributed by atoms with Crippen molar-refractivity contribution < 1.29 is 14.6 Å². The lowest BCUT2D eigenvalue weighted by Gasteiger charge is -2.27. The molecule has 0 aromatic rings. The van der Waals surface area contributed by atoms with E-state index in [1.165, 1.54) is 11.8 Å². The molecule has 0 aliphatic rings. The fourth-order valence-electron chi connectivity index (χ4n) is 0.920. The summed E-state index contributed by atoms with van der Waals surface area (Å²) in [5.74, 6) is 1.19. The van der Waals surface area contributed by atoms with Crippen molar-refractivity contribution >= 4 is 17.7 Å². The Bertz CT molecular complexity index is 184. The molecule has 0 fully saturated rings. The predicted molar refractivity (Wildman–Crippen MR) is 63.1 cm³/mol. The van der Waals surface area contributed by atoms with Crippen molar-refractivity contribution in [2.75, 3.05) is 31.8 Å². The highest BCUT2D eigenvalue weighted by Gasteiger charge is 2.22. The Kier molecular flexibility index (Phi) is 7.82. The van der Waals surface area contributed by atoms with E-state index >= 15 is 0 Å². The number of methoxy groups -OCH3 is 1. The summed E-state index contributed by atoms with van der Waals surface area (Å²) in [6.07, 6.45) is 0.720. The molecule has 0 aromatic heterocycles. The van der Waals surface area contributed by atoms with Crippen LogP contribution in [0.2, 0.25) is 0 Å². The van der Waals surface area contributed by atoms with Crippen molar-refractivity contribution in [2.45, 2.75) is 25.8 Å². The summed E-state index contributed by atoms with van der Waals surface area (Å²) in [7, 11) is 1.64. The summed E-state index contributed by atoms with van der Waals surface area (Å²) in [5, 5.41) is 11.9. The van der Waals surface area contributed by atoms with E-state index in [0.29, 0.717) is 12.4 Å². The summed E-state index contributed by atoms with van der Waals surface area (Å²) in [6.45, 7) is 4.40. The molecule has 0 aliphatic heterocycles. The average molecular weight is 235 g/mol. The second kappa shape index (κ2) is 7.96. The van der Waals surface area contributed by atoms with Gasteiger partial charge in [0.1, 0.15) is 0 Å². The van der Waals surface area contributed by atoms with Gasteiger partial charge < -0.3 is 15.2 Å². The van der Waals surface area contributed by atoms with Crippen LogP contribution in [0.5, 0.6) is 0 Å². The SMILES string of the molecule is CCC(C)(CO)NC(=O)CSCCOC. The number of hydrogen-bond acceptors (Lipinski definition) is 4. The molecule has 0 rings (SSSR count). The standard InChI is InChI=1S/C10H21NO3S/c1-4-10(2,8-12)11-9(13)7-15-6-5-14-3/h12H,4-8H2,1-3H3,(H,11,13). The summed E-state index contributed by atoms with van der Waals surface area (Å²) >= 11 is 1.53. The van der Waals surface area contributed by atoms with E-state index < -0.39 is 5.54 Å². The molecule has 0 heterocycles. The zero-order valence-electron chi connectivity index (χ0n) is 9.71. The van der Waals surface area contributed by atoms with Gasteiger partial charge in [0.2, 0.25) is 5.91 Å². The molecule has 1 amide bonds. The Hall–Kier alpha value is -0.260. The molecule has 90 valence electrons. The van der Waals surface area contributed by atoms with Crippen LogP contribution >= 0.6 is 11.8 Å². The van der Waals surface area contributed by atoms with E-state index in [1.807, 2.05) is 13.8 Å². The fraction of sp³-hybridized carbons (Fsp3) is 0.900. The Labute approximate surface area is 95.8 Å². The molecule has 0 bridgehead atoms. The molecule has 15 heavy (non-hydrogen) atoms. The van der Waals surface area contributed by atoms with E-state index in [4.69, 9.17) is 9.84 Å². The largest absolute Gasteiger partial charge is 0.394 e. The molecule has 0 saturated heterocycles. The molecule has 1 unspecified atom stereocenters. The number of rotatable bonds is 8. The molecule has 4 nitrogen and oxygen atoms in total. The summed E-state index contributed by atoms with van der Waals surface area (Å²) < 4.78 is 4.87. The quantitative estimate of drug-likeness (QED) is 0.606. The van der Waals surface area contributed by atoms with Crippen molar-refractivity contribution in [1.82, 2.24) is 5.32 Å². The van der Waals surface area contributed by atoms with Crippen molar-refractivity contribution in [3.8, 4) is 0 Å². The van der Waals surface area contributed by atoms with Gasteiger partial charge >= 0.3 is 0 Å². The lowest BCUT2D eigenvalue weighted by Crippen LogP contribution is -2.49. The van der Waals surface area contributed by atoms with Crippen LogP contribution in [-0.2, 0) is 9.53 Å². The maximum Gasteiger partial charge on any atom is 0.230 e. The minimum absolute atomic E-state index is 0.0298. The van der Waals surface area contributed by atoms with Gasteiger partial charge in [0.05, 0.1) is 24.5 Å². The van der Waals surface area contributed by atoms with Crippen LogP contribution in [0.15, 0.2) is 0 Å².